The number of ether oxygens (including phenoxy) is 3. The van der Waals surface area contributed by atoms with Crippen molar-refractivity contribution >= 4 is 35.1 Å². The van der Waals surface area contributed by atoms with E-state index in [-0.39, 0.29) is 21.6 Å². The summed E-state index contributed by atoms with van der Waals surface area (Å²) in [6, 6.07) is 1.33. The molecule has 0 aliphatic heterocycles. The van der Waals surface area contributed by atoms with Crippen molar-refractivity contribution in [3.8, 4) is 0 Å². The lowest BCUT2D eigenvalue weighted by atomic mass is 10.3. The van der Waals surface area contributed by atoms with Crippen molar-refractivity contribution in [1.29, 1.82) is 0 Å². The van der Waals surface area contributed by atoms with Crippen molar-refractivity contribution in [2.45, 2.75) is 0 Å². The van der Waals surface area contributed by atoms with Crippen molar-refractivity contribution in [3.63, 3.8) is 0 Å². The number of esters is 1. The molecule has 0 fully saturated rings. The largest absolute Gasteiger partial charge is 0.452 e. The molecule has 0 aliphatic carbocycles. The predicted octanol–water partition coefficient (Wildman–Crippen LogP) is 1.67. The molecule has 23 heavy (non-hydrogen) atoms. The van der Waals surface area contributed by atoms with Gasteiger partial charge in [-0.15, -0.1) is 0 Å². The van der Waals surface area contributed by atoms with Crippen LogP contribution in [-0.4, -0.2) is 68.9 Å². The Morgan fingerprint density at radius 1 is 1.17 bits per heavy atom. The standard InChI is InChI=1S/C14H18Cl2N2O5/c1-21-5-3-18(4-6-22-2)12(19)9-23-14(20)10-7-11(15)13(16)17-8-10/h7-8H,3-6,9H2,1-2H3. The number of pyridine rings is 1. The van der Waals surface area contributed by atoms with Crippen LogP contribution in [0.5, 0.6) is 0 Å². The molecule has 0 spiro atoms. The van der Waals surface area contributed by atoms with Gasteiger partial charge in [-0.1, -0.05) is 23.2 Å². The van der Waals surface area contributed by atoms with Crippen LogP contribution in [-0.2, 0) is 19.0 Å². The highest BCUT2D eigenvalue weighted by molar-refractivity contribution is 6.41. The first kappa shape index (κ1) is 19.6. The molecule has 0 unspecified atom stereocenters. The fourth-order valence-electron chi connectivity index (χ4n) is 1.60. The summed E-state index contributed by atoms with van der Waals surface area (Å²) in [5.74, 6) is -1.05. The molecule has 1 aromatic rings. The van der Waals surface area contributed by atoms with Crippen molar-refractivity contribution in [2.75, 3.05) is 47.1 Å². The summed E-state index contributed by atoms with van der Waals surface area (Å²) in [4.78, 5) is 29.2. The fourth-order valence-corrected chi connectivity index (χ4v) is 1.87. The van der Waals surface area contributed by atoms with Gasteiger partial charge in [0.1, 0.15) is 5.15 Å². The van der Waals surface area contributed by atoms with Gasteiger partial charge in [-0.25, -0.2) is 9.78 Å². The SMILES string of the molecule is COCCN(CCOC)C(=O)COC(=O)c1cnc(Cl)c(Cl)c1. The molecule has 0 saturated heterocycles. The Morgan fingerprint density at radius 2 is 1.78 bits per heavy atom. The Hall–Kier alpha value is -1.41. The maximum atomic E-state index is 12.1. The van der Waals surface area contributed by atoms with Crippen LogP contribution in [0.4, 0.5) is 0 Å². The maximum Gasteiger partial charge on any atom is 0.340 e. The highest BCUT2D eigenvalue weighted by Gasteiger charge is 2.17. The number of nitrogens with zero attached hydrogens (tertiary/aromatic N) is 2. The molecule has 0 atom stereocenters. The second-order valence-electron chi connectivity index (χ2n) is 4.44. The number of carbonyl (C=O) groups is 2. The number of hydrogen-bond acceptors (Lipinski definition) is 6. The Labute approximate surface area is 144 Å². The number of methoxy groups -OCH3 is 2. The Balaban J connectivity index is 2.57. The second-order valence-corrected chi connectivity index (χ2v) is 5.20. The van der Waals surface area contributed by atoms with Gasteiger partial charge in [0.15, 0.2) is 6.61 Å². The van der Waals surface area contributed by atoms with Crippen LogP contribution in [0.3, 0.4) is 0 Å². The van der Waals surface area contributed by atoms with Crippen molar-refractivity contribution in [2.24, 2.45) is 0 Å². The summed E-state index contributed by atoms with van der Waals surface area (Å²) >= 11 is 11.5. The quantitative estimate of drug-likeness (QED) is 0.489. The third-order valence-electron chi connectivity index (χ3n) is 2.84. The lowest BCUT2D eigenvalue weighted by Crippen LogP contribution is -2.39. The number of amides is 1. The van der Waals surface area contributed by atoms with Gasteiger partial charge in [0.05, 0.1) is 23.8 Å². The molecule has 1 aromatic heterocycles. The summed E-state index contributed by atoms with van der Waals surface area (Å²) in [6.07, 6.45) is 1.23. The summed E-state index contributed by atoms with van der Waals surface area (Å²) < 4.78 is 14.9. The van der Waals surface area contributed by atoms with Crippen molar-refractivity contribution in [3.05, 3.63) is 28.0 Å². The van der Waals surface area contributed by atoms with E-state index < -0.39 is 12.6 Å². The van der Waals surface area contributed by atoms with Gasteiger partial charge in [0.2, 0.25) is 0 Å². The molecule has 0 N–H and O–H groups in total. The lowest BCUT2D eigenvalue weighted by Gasteiger charge is -2.21. The lowest BCUT2D eigenvalue weighted by molar-refractivity contribution is -0.135. The zero-order valence-corrected chi connectivity index (χ0v) is 14.4. The van der Waals surface area contributed by atoms with Gasteiger partial charge < -0.3 is 19.1 Å². The summed E-state index contributed by atoms with van der Waals surface area (Å²) in [6.45, 7) is 1.11. The fraction of sp³-hybridized carbons (Fsp3) is 0.500. The average Bonchev–Trinajstić information content (AvgIpc) is 2.55. The Bertz CT molecular complexity index is 534. The molecular formula is C14H18Cl2N2O5. The summed E-state index contributed by atoms with van der Waals surface area (Å²) in [7, 11) is 3.08. The molecule has 9 heteroatoms. The van der Waals surface area contributed by atoms with Crippen LogP contribution in [0.25, 0.3) is 0 Å². The summed E-state index contributed by atoms with van der Waals surface area (Å²) in [5.41, 5.74) is 0.118. The van der Waals surface area contributed by atoms with Gasteiger partial charge in [-0.05, 0) is 6.07 Å². The van der Waals surface area contributed by atoms with Crippen LogP contribution in [0.2, 0.25) is 10.2 Å². The number of hydrogen-bond donors (Lipinski definition) is 0. The van der Waals surface area contributed by atoms with Crippen molar-refractivity contribution < 1.29 is 23.8 Å². The average molecular weight is 365 g/mol. The highest BCUT2D eigenvalue weighted by Crippen LogP contribution is 2.20. The van der Waals surface area contributed by atoms with E-state index in [2.05, 4.69) is 4.98 Å². The minimum absolute atomic E-state index is 0.0876. The Kier molecular flexibility index (Phi) is 8.86. The monoisotopic (exact) mass is 364 g/mol. The highest BCUT2D eigenvalue weighted by atomic mass is 35.5. The van der Waals surface area contributed by atoms with Gasteiger partial charge in [0.25, 0.3) is 5.91 Å². The molecule has 128 valence electrons. The minimum atomic E-state index is -0.706. The molecule has 0 bridgehead atoms. The number of halogens is 2. The normalized spacial score (nSPS) is 10.4. The first-order valence-corrected chi connectivity index (χ1v) is 7.49. The van der Waals surface area contributed by atoms with E-state index in [4.69, 9.17) is 37.4 Å². The number of carbonyl (C=O) groups excluding carboxylic acids is 2. The molecule has 1 heterocycles. The zero-order valence-electron chi connectivity index (χ0n) is 12.9. The number of rotatable bonds is 9. The molecule has 7 nitrogen and oxygen atoms in total. The first-order chi connectivity index (χ1) is 11.0. The van der Waals surface area contributed by atoms with Crippen LogP contribution in [0.15, 0.2) is 12.3 Å². The minimum Gasteiger partial charge on any atom is -0.452 e. The van der Waals surface area contributed by atoms with Crippen molar-refractivity contribution in [1.82, 2.24) is 9.88 Å². The van der Waals surface area contributed by atoms with Crippen LogP contribution < -0.4 is 0 Å². The smallest absolute Gasteiger partial charge is 0.340 e. The van der Waals surface area contributed by atoms with E-state index >= 15 is 0 Å². The van der Waals surface area contributed by atoms with Crippen LogP contribution in [0, 0.1) is 0 Å². The third kappa shape index (κ3) is 6.70. The van der Waals surface area contributed by atoms with E-state index in [0.29, 0.717) is 26.3 Å². The third-order valence-corrected chi connectivity index (χ3v) is 3.53. The molecular weight excluding hydrogens is 347 g/mol. The second kappa shape index (κ2) is 10.4. The van der Waals surface area contributed by atoms with Crippen LogP contribution in [0.1, 0.15) is 10.4 Å². The molecule has 0 saturated carbocycles. The van der Waals surface area contributed by atoms with Gasteiger partial charge >= 0.3 is 5.97 Å². The topological polar surface area (TPSA) is 78.0 Å². The predicted molar refractivity (Wildman–Crippen MR) is 84.9 cm³/mol. The van der Waals surface area contributed by atoms with E-state index in [1.807, 2.05) is 0 Å². The van der Waals surface area contributed by atoms with E-state index in [0.717, 1.165) is 0 Å². The van der Waals surface area contributed by atoms with Gasteiger partial charge in [0, 0.05) is 33.5 Å². The van der Waals surface area contributed by atoms with E-state index in [1.54, 1.807) is 0 Å². The molecule has 1 rings (SSSR count). The first-order valence-electron chi connectivity index (χ1n) is 6.73. The number of aromatic nitrogens is 1. The van der Waals surface area contributed by atoms with Gasteiger partial charge in [-0.2, -0.15) is 0 Å². The summed E-state index contributed by atoms with van der Waals surface area (Å²) in [5, 5.41) is 0.221. The molecule has 0 radical (unpaired) electrons. The maximum absolute atomic E-state index is 12.1. The zero-order chi connectivity index (χ0) is 17.2. The van der Waals surface area contributed by atoms with Crippen LogP contribution >= 0.6 is 23.2 Å². The molecule has 0 aromatic carbocycles. The van der Waals surface area contributed by atoms with Gasteiger partial charge in [-0.3, -0.25) is 4.79 Å². The molecule has 1 amide bonds. The Morgan fingerprint density at radius 3 is 2.30 bits per heavy atom. The van der Waals surface area contributed by atoms with E-state index in [9.17, 15) is 9.59 Å². The molecule has 0 aliphatic rings. The van der Waals surface area contributed by atoms with E-state index in [1.165, 1.54) is 31.4 Å².